The van der Waals surface area contributed by atoms with Gasteiger partial charge in [-0.1, -0.05) is 41.4 Å². The molecule has 0 radical (unpaired) electrons. The van der Waals surface area contributed by atoms with Crippen molar-refractivity contribution in [2.24, 2.45) is 0 Å². The Balaban J connectivity index is 1.83. The smallest absolute Gasteiger partial charge is 0.333 e. The second kappa shape index (κ2) is 7.67. The van der Waals surface area contributed by atoms with E-state index in [4.69, 9.17) is 28.5 Å². The number of carbonyl (C=O) groups is 3. The van der Waals surface area contributed by atoms with Crippen molar-refractivity contribution < 1.29 is 14.4 Å². The summed E-state index contributed by atoms with van der Waals surface area (Å²) < 4.78 is 1.71. The van der Waals surface area contributed by atoms with Crippen LogP contribution in [0.25, 0.3) is 17.0 Å². The van der Waals surface area contributed by atoms with E-state index >= 15 is 0 Å². The van der Waals surface area contributed by atoms with Gasteiger partial charge in [0.05, 0.1) is 16.8 Å². The van der Waals surface area contributed by atoms with Crippen LogP contribution >= 0.6 is 23.2 Å². The summed E-state index contributed by atoms with van der Waals surface area (Å²) in [5.41, 5.74) is 1.22. The fourth-order valence-corrected chi connectivity index (χ4v) is 3.78. The highest BCUT2D eigenvalue weighted by Gasteiger charge is 2.37. The number of rotatable bonds is 3. The summed E-state index contributed by atoms with van der Waals surface area (Å²) >= 11 is 12.0. The number of aromatic nitrogens is 1. The Morgan fingerprint density at radius 3 is 2.60 bits per heavy atom. The molecule has 1 fully saturated rings. The van der Waals surface area contributed by atoms with E-state index in [1.54, 1.807) is 10.8 Å². The molecule has 0 bridgehead atoms. The number of barbiturate groups is 1. The zero-order valence-corrected chi connectivity index (χ0v) is 16.7. The van der Waals surface area contributed by atoms with Gasteiger partial charge in [0.2, 0.25) is 0 Å². The number of hydrogen-bond acceptors (Lipinski definition) is 4. The maximum atomic E-state index is 13.1. The van der Waals surface area contributed by atoms with Crippen molar-refractivity contribution in [3.63, 3.8) is 0 Å². The molecule has 7 nitrogen and oxygen atoms in total. The predicted octanol–water partition coefficient (Wildman–Crippen LogP) is 4.14. The summed E-state index contributed by atoms with van der Waals surface area (Å²) in [6.07, 6.45) is 3.08. The van der Waals surface area contributed by atoms with Crippen molar-refractivity contribution in [2.75, 3.05) is 4.90 Å². The number of nitriles is 1. The molecule has 3 aromatic rings. The average Bonchev–Trinajstić information content (AvgIpc) is 3.05. The zero-order valence-electron chi connectivity index (χ0n) is 15.2. The highest BCUT2D eigenvalue weighted by molar-refractivity contribution is 6.42. The number of hydrogen-bond donors (Lipinski definition) is 1. The Morgan fingerprint density at radius 1 is 1.10 bits per heavy atom. The number of anilines is 1. The maximum absolute atomic E-state index is 13.1. The predicted molar refractivity (Wildman–Crippen MR) is 113 cm³/mol. The van der Waals surface area contributed by atoms with Crippen LogP contribution in [0.2, 0.25) is 10.0 Å². The van der Waals surface area contributed by atoms with Gasteiger partial charge in [-0.05, 0) is 30.3 Å². The first kappa shape index (κ1) is 19.7. The molecule has 148 valence electrons. The number of benzene rings is 2. The van der Waals surface area contributed by atoms with Crippen molar-refractivity contribution in [2.45, 2.75) is 6.54 Å². The van der Waals surface area contributed by atoms with Gasteiger partial charge < -0.3 is 4.57 Å². The second-order valence-corrected chi connectivity index (χ2v) is 7.28. The largest absolute Gasteiger partial charge is 0.335 e. The molecule has 30 heavy (non-hydrogen) atoms. The second-order valence-electron chi connectivity index (χ2n) is 6.44. The van der Waals surface area contributed by atoms with Crippen LogP contribution in [0.5, 0.6) is 0 Å². The lowest BCUT2D eigenvalue weighted by Gasteiger charge is -2.27. The van der Waals surface area contributed by atoms with Crippen LogP contribution in [-0.4, -0.2) is 22.4 Å². The summed E-state index contributed by atoms with van der Waals surface area (Å²) in [4.78, 5) is 38.7. The lowest BCUT2D eigenvalue weighted by Crippen LogP contribution is -2.54. The van der Waals surface area contributed by atoms with Crippen LogP contribution in [0, 0.1) is 11.3 Å². The Morgan fingerprint density at radius 2 is 1.87 bits per heavy atom. The lowest BCUT2D eigenvalue weighted by molar-refractivity contribution is -0.122. The summed E-state index contributed by atoms with van der Waals surface area (Å²) in [6, 6.07) is 12.8. The quantitative estimate of drug-likeness (QED) is 0.490. The van der Waals surface area contributed by atoms with E-state index in [0.717, 1.165) is 15.8 Å². The van der Waals surface area contributed by atoms with Crippen LogP contribution in [0.4, 0.5) is 10.5 Å². The minimum atomic E-state index is -0.904. The van der Waals surface area contributed by atoms with Crippen molar-refractivity contribution >= 4 is 63.7 Å². The van der Waals surface area contributed by atoms with Gasteiger partial charge in [0, 0.05) is 27.7 Å². The van der Waals surface area contributed by atoms with Gasteiger partial charge in [-0.2, -0.15) is 5.26 Å². The number of halogens is 2. The topological polar surface area (TPSA) is 95.2 Å². The van der Waals surface area contributed by atoms with Gasteiger partial charge in [0.15, 0.2) is 0 Å². The van der Waals surface area contributed by atoms with Crippen LogP contribution in [-0.2, 0) is 16.1 Å². The minimum Gasteiger partial charge on any atom is -0.333 e. The zero-order chi connectivity index (χ0) is 21.4. The first-order chi connectivity index (χ1) is 14.4. The molecule has 1 aliphatic heterocycles. The molecule has 0 aliphatic carbocycles. The van der Waals surface area contributed by atoms with Crippen molar-refractivity contribution in [1.82, 2.24) is 9.88 Å². The molecule has 1 aromatic heterocycles. The molecule has 2 heterocycles. The van der Waals surface area contributed by atoms with Crippen LogP contribution in [0.3, 0.4) is 0 Å². The van der Waals surface area contributed by atoms with E-state index in [9.17, 15) is 14.4 Å². The molecule has 4 rings (SSSR count). The molecular weight excluding hydrogens is 427 g/mol. The number of para-hydroxylation sites is 1. The molecule has 2 aromatic carbocycles. The van der Waals surface area contributed by atoms with Crippen molar-refractivity contribution in [3.8, 4) is 6.07 Å². The number of urea groups is 1. The highest BCUT2D eigenvalue weighted by Crippen LogP contribution is 2.32. The molecule has 4 amide bonds. The van der Waals surface area contributed by atoms with Gasteiger partial charge in [-0.3, -0.25) is 14.9 Å². The van der Waals surface area contributed by atoms with E-state index in [-0.39, 0.29) is 22.8 Å². The number of nitrogens with zero attached hydrogens (tertiary/aromatic N) is 3. The number of nitrogens with one attached hydrogen (secondary N) is 1. The summed E-state index contributed by atoms with van der Waals surface area (Å²) in [5.74, 6) is -1.63. The molecule has 1 aliphatic rings. The Bertz CT molecular complexity index is 1300. The Labute approximate surface area is 180 Å². The molecule has 0 spiro atoms. The van der Waals surface area contributed by atoms with Gasteiger partial charge in [0.25, 0.3) is 11.8 Å². The Hall–Kier alpha value is -3.60. The molecule has 0 atom stereocenters. The van der Waals surface area contributed by atoms with Crippen molar-refractivity contribution in [3.05, 3.63) is 69.8 Å². The third-order valence-electron chi connectivity index (χ3n) is 4.61. The molecule has 1 saturated heterocycles. The van der Waals surface area contributed by atoms with E-state index in [1.165, 1.54) is 24.3 Å². The molecule has 9 heteroatoms. The fraction of sp³-hybridized carbons (Fsp3) is 0.0476. The van der Waals surface area contributed by atoms with Gasteiger partial charge in [-0.15, -0.1) is 0 Å². The van der Waals surface area contributed by atoms with Gasteiger partial charge >= 0.3 is 6.03 Å². The van der Waals surface area contributed by atoms with Crippen molar-refractivity contribution in [1.29, 1.82) is 5.26 Å². The number of carbonyl (C=O) groups excluding carboxylic acids is 3. The minimum absolute atomic E-state index is 0.0883. The van der Waals surface area contributed by atoms with Gasteiger partial charge in [-0.25, -0.2) is 9.69 Å². The summed E-state index contributed by atoms with van der Waals surface area (Å²) in [6.45, 7) is 0.106. The molecule has 0 unspecified atom stereocenters. The standard InChI is InChI=1S/C21H12Cl2N4O3/c22-13-5-6-18(16(23)10-13)27-20(29)15(19(28)25-21(27)30)9-12-11-26(8-7-24)17-4-2-1-3-14(12)17/h1-6,9-11H,8H2,(H,25,28,30). The number of amides is 4. The number of fused-ring (bicyclic) bond motifs is 1. The van der Waals surface area contributed by atoms with E-state index in [1.807, 2.05) is 24.3 Å². The molecular formula is C21H12Cl2N4O3. The SMILES string of the molecule is N#CCn1cc(C=C2C(=O)NC(=O)N(c3ccc(Cl)cc3Cl)C2=O)c2ccccc21. The van der Waals surface area contributed by atoms with E-state index in [0.29, 0.717) is 10.6 Å². The first-order valence-corrected chi connectivity index (χ1v) is 9.47. The van der Waals surface area contributed by atoms with Crippen LogP contribution < -0.4 is 10.2 Å². The highest BCUT2D eigenvalue weighted by atomic mass is 35.5. The average molecular weight is 439 g/mol. The molecule has 0 saturated carbocycles. The summed E-state index contributed by atoms with van der Waals surface area (Å²) in [5, 5.41) is 12.4. The lowest BCUT2D eigenvalue weighted by atomic mass is 10.1. The van der Waals surface area contributed by atoms with Gasteiger partial charge in [0.1, 0.15) is 12.1 Å². The maximum Gasteiger partial charge on any atom is 0.335 e. The van der Waals surface area contributed by atoms with Crippen LogP contribution in [0.15, 0.2) is 54.2 Å². The first-order valence-electron chi connectivity index (χ1n) is 8.72. The third kappa shape index (κ3) is 3.32. The van der Waals surface area contributed by atoms with Crippen LogP contribution in [0.1, 0.15) is 5.56 Å². The molecule has 1 N–H and O–H groups in total. The monoisotopic (exact) mass is 438 g/mol. The Kier molecular flexibility index (Phi) is 5.04. The normalized spacial score (nSPS) is 15.6. The number of imide groups is 2. The fourth-order valence-electron chi connectivity index (χ4n) is 3.29. The van der Waals surface area contributed by atoms with E-state index < -0.39 is 17.8 Å². The van der Waals surface area contributed by atoms with E-state index in [2.05, 4.69) is 11.4 Å². The third-order valence-corrected chi connectivity index (χ3v) is 5.15. The summed E-state index contributed by atoms with van der Waals surface area (Å²) in [7, 11) is 0.